The van der Waals surface area contributed by atoms with Gasteiger partial charge in [0.25, 0.3) is 5.91 Å². The average Bonchev–Trinajstić information content (AvgIpc) is 2.62. The van der Waals surface area contributed by atoms with Crippen LogP contribution in [0.1, 0.15) is 12.0 Å². The van der Waals surface area contributed by atoms with E-state index in [1.807, 2.05) is 0 Å². The van der Waals surface area contributed by atoms with Gasteiger partial charge in [-0.3, -0.25) is 9.59 Å². The highest BCUT2D eigenvalue weighted by atomic mass is 35.5. The molecule has 106 valence electrons. The fourth-order valence-corrected chi connectivity index (χ4v) is 2.57. The standard InChI is InChI=1S/C13H12Cl2N2O3/c1-16-7-12(19)17(13(16)20)11(18)6-5-8-9(14)3-2-4-10(8)15/h2-4H,5-7H2,1H3. The lowest BCUT2D eigenvalue weighted by molar-refractivity contribution is -0.138. The van der Waals surface area contributed by atoms with Crippen molar-refractivity contribution < 1.29 is 14.4 Å². The van der Waals surface area contributed by atoms with Gasteiger partial charge in [-0.25, -0.2) is 4.79 Å². The van der Waals surface area contributed by atoms with Gasteiger partial charge in [-0.1, -0.05) is 29.3 Å². The molecule has 1 aliphatic heterocycles. The number of urea groups is 1. The summed E-state index contributed by atoms with van der Waals surface area (Å²) < 4.78 is 0. The molecule has 0 aliphatic carbocycles. The van der Waals surface area contributed by atoms with Crippen LogP contribution in [0.15, 0.2) is 18.2 Å². The van der Waals surface area contributed by atoms with Gasteiger partial charge in [0.2, 0.25) is 5.91 Å². The number of rotatable bonds is 3. The Bertz CT molecular complexity index is 569. The normalized spacial score (nSPS) is 15.2. The lowest BCUT2D eigenvalue weighted by Crippen LogP contribution is -2.37. The number of hydrogen-bond donors (Lipinski definition) is 0. The number of hydrogen-bond acceptors (Lipinski definition) is 3. The zero-order valence-corrected chi connectivity index (χ0v) is 12.2. The summed E-state index contributed by atoms with van der Waals surface area (Å²) in [7, 11) is 1.47. The van der Waals surface area contributed by atoms with Crippen molar-refractivity contribution in [2.45, 2.75) is 12.8 Å². The lowest BCUT2D eigenvalue weighted by atomic mass is 10.1. The predicted molar refractivity (Wildman–Crippen MR) is 74.7 cm³/mol. The second-order valence-electron chi connectivity index (χ2n) is 4.46. The Hall–Kier alpha value is -1.59. The Morgan fingerprint density at radius 3 is 2.35 bits per heavy atom. The molecular formula is C13H12Cl2N2O3. The minimum atomic E-state index is -0.592. The third-order valence-electron chi connectivity index (χ3n) is 3.04. The van der Waals surface area contributed by atoms with Crippen LogP contribution in [0, 0.1) is 0 Å². The van der Waals surface area contributed by atoms with E-state index in [4.69, 9.17) is 23.2 Å². The van der Waals surface area contributed by atoms with E-state index in [2.05, 4.69) is 0 Å². The first kappa shape index (κ1) is 14.8. The van der Waals surface area contributed by atoms with Crippen molar-refractivity contribution in [1.82, 2.24) is 9.80 Å². The maximum atomic E-state index is 12.0. The molecule has 1 heterocycles. The fraction of sp³-hybridized carbons (Fsp3) is 0.308. The maximum absolute atomic E-state index is 12.0. The van der Waals surface area contributed by atoms with E-state index in [1.54, 1.807) is 18.2 Å². The topological polar surface area (TPSA) is 57.7 Å². The van der Waals surface area contributed by atoms with Crippen molar-refractivity contribution in [3.8, 4) is 0 Å². The Labute approximate surface area is 126 Å². The van der Waals surface area contributed by atoms with E-state index in [1.165, 1.54) is 11.9 Å². The van der Waals surface area contributed by atoms with Crippen LogP contribution < -0.4 is 0 Å². The van der Waals surface area contributed by atoms with Crippen LogP contribution in [-0.2, 0) is 16.0 Å². The second-order valence-corrected chi connectivity index (χ2v) is 5.28. The van der Waals surface area contributed by atoms with Crippen molar-refractivity contribution in [3.63, 3.8) is 0 Å². The van der Waals surface area contributed by atoms with E-state index in [0.717, 1.165) is 0 Å². The summed E-state index contributed by atoms with van der Waals surface area (Å²) in [6.45, 7) is -0.0720. The first-order valence-electron chi connectivity index (χ1n) is 5.95. The highest BCUT2D eigenvalue weighted by molar-refractivity contribution is 6.36. The number of benzene rings is 1. The molecule has 2 rings (SSSR count). The molecule has 0 atom stereocenters. The van der Waals surface area contributed by atoms with Gasteiger partial charge < -0.3 is 4.90 Å². The number of carbonyl (C=O) groups excluding carboxylic acids is 3. The Morgan fingerprint density at radius 2 is 1.85 bits per heavy atom. The summed E-state index contributed by atoms with van der Waals surface area (Å²) in [5.41, 5.74) is 0.636. The third kappa shape index (κ3) is 2.78. The zero-order chi connectivity index (χ0) is 14.9. The molecule has 20 heavy (non-hydrogen) atoms. The van der Waals surface area contributed by atoms with Crippen molar-refractivity contribution in [1.29, 1.82) is 0 Å². The van der Waals surface area contributed by atoms with Gasteiger partial charge in [-0.2, -0.15) is 4.90 Å². The largest absolute Gasteiger partial charge is 0.333 e. The molecule has 0 radical (unpaired) electrons. The van der Waals surface area contributed by atoms with Crippen LogP contribution in [0.4, 0.5) is 4.79 Å². The van der Waals surface area contributed by atoms with Crippen molar-refractivity contribution in [3.05, 3.63) is 33.8 Å². The quantitative estimate of drug-likeness (QED) is 0.805. The predicted octanol–water partition coefficient (Wildman–Crippen LogP) is 2.35. The first-order valence-corrected chi connectivity index (χ1v) is 6.71. The Morgan fingerprint density at radius 1 is 1.25 bits per heavy atom. The maximum Gasteiger partial charge on any atom is 0.333 e. The van der Waals surface area contributed by atoms with Gasteiger partial charge in [-0.15, -0.1) is 0 Å². The summed E-state index contributed by atoms with van der Waals surface area (Å²) >= 11 is 12.0. The summed E-state index contributed by atoms with van der Waals surface area (Å²) in [5.74, 6) is -1.05. The number of nitrogens with zero attached hydrogens (tertiary/aromatic N) is 2. The van der Waals surface area contributed by atoms with Gasteiger partial charge in [0, 0.05) is 23.5 Å². The number of likely N-dealkylation sites (N-methyl/N-ethyl adjacent to an activating group) is 1. The Balaban J connectivity index is 2.06. The summed E-state index contributed by atoms with van der Waals surface area (Å²) in [4.78, 5) is 37.1. The molecular weight excluding hydrogens is 303 g/mol. The molecule has 1 fully saturated rings. The molecule has 0 spiro atoms. The van der Waals surface area contributed by atoms with Crippen LogP contribution in [0.5, 0.6) is 0 Å². The van der Waals surface area contributed by atoms with Gasteiger partial charge in [0.15, 0.2) is 0 Å². The molecule has 1 aliphatic rings. The highest BCUT2D eigenvalue weighted by Gasteiger charge is 2.37. The molecule has 0 aromatic heterocycles. The van der Waals surface area contributed by atoms with Gasteiger partial charge in [0.05, 0.1) is 0 Å². The van der Waals surface area contributed by atoms with Crippen molar-refractivity contribution in [2.24, 2.45) is 0 Å². The number of amides is 4. The van der Waals surface area contributed by atoms with E-state index < -0.39 is 17.8 Å². The summed E-state index contributed by atoms with van der Waals surface area (Å²) in [5, 5.41) is 0.919. The molecule has 1 saturated heterocycles. The van der Waals surface area contributed by atoms with Crippen molar-refractivity contribution >= 4 is 41.0 Å². The summed E-state index contributed by atoms with van der Waals surface area (Å²) in [6.07, 6.45) is 0.271. The highest BCUT2D eigenvalue weighted by Crippen LogP contribution is 2.26. The molecule has 7 heteroatoms. The van der Waals surface area contributed by atoms with Crippen LogP contribution in [-0.4, -0.2) is 41.2 Å². The number of carbonyl (C=O) groups is 3. The smallest absolute Gasteiger partial charge is 0.318 e. The molecule has 0 N–H and O–H groups in total. The number of halogens is 2. The van der Waals surface area contributed by atoms with E-state index in [-0.39, 0.29) is 19.4 Å². The molecule has 0 unspecified atom stereocenters. The average molecular weight is 315 g/mol. The first-order chi connectivity index (χ1) is 9.41. The van der Waals surface area contributed by atoms with E-state index >= 15 is 0 Å². The molecule has 5 nitrogen and oxygen atoms in total. The molecule has 1 aromatic carbocycles. The second kappa shape index (κ2) is 5.81. The fourth-order valence-electron chi connectivity index (χ4n) is 1.98. The van der Waals surface area contributed by atoms with Crippen LogP contribution in [0.25, 0.3) is 0 Å². The summed E-state index contributed by atoms with van der Waals surface area (Å²) in [6, 6.07) is 4.46. The van der Waals surface area contributed by atoms with Crippen LogP contribution >= 0.6 is 23.2 Å². The minimum Gasteiger partial charge on any atom is -0.318 e. The van der Waals surface area contributed by atoms with Gasteiger partial charge in [0.1, 0.15) is 6.54 Å². The van der Waals surface area contributed by atoms with Crippen LogP contribution in [0.2, 0.25) is 10.0 Å². The van der Waals surface area contributed by atoms with Crippen LogP contribution in [0.3, 0.4) is 0 Å². The van der Waals surface area contributed by atoms with Gasteiger partial charge in [-0.05, 0) is 24.1 Å². The number of imide groups is 3. The minimum absolute atomic E-state index is 0.00519. The monoisotopic (exact) mass is 314 g/mol. The zero-order valence-electron chi connectivity index (χ0n) is 10.7. The van der Waals surface area contributed by atoms with Gasteiger partial charge >= 0.3 is 6.03 Å². The molecule has 0 bridgehead atoms. The Kier molecular flexibility index (Phi) is 4.30. The van der Waals surface area contributed by atoms with Crippen molar-refractivity contribution in [2.75, 3.05) is 13.6 Å². The third-order valence-corrected chi connectivity index (χ3v) is 3.75. The van der Waals surface area contributed by atoms with E-state index in [0.29, 0.717) is 20.5 Å². The molecule has 1 aromatic rings. The van der Waals surface area contributed by atoms with E-state index in [9.17, 15) is 14.4 Å². The lowest BCUT2D eigenvalue weighted by Gasteiger charge is -2.13. The molecule has 4 amide bonds. The molecule has 0 saturated carbocycles. The SMILES string of the molecule is CN1CC(=O)N(C(=O)CCc2c(Cl)cccc2Cl)C1=O.